The van der Waals surface area contributed by atoms with E-state index in [1.54, 1.807) is 16.8 Å². The Bertz CT molecular complexity index is 755. The minimum absolute atomic E-state index is 0.0332. The van der Waals surface area contributed by atoms with Crippen LogP contribution in [-0.2, 0) is 11.8 Å². The summed E-state index contributed by atoms with van der Waals surface area (Å²) in [6.45, 7) is 5.80. The number of nitrogens with one attached hydrogen (secondary N) is 1. The molecule has 2 aromatic rings. The highest BCUT2D eigenvalue weighted by Crippen LogP contribution is 2.27. The summed E-state index contributed by atoms with van der Waals surface area (Å²) in [5.41, 5.74) is 3.57. The molecule has 1 atom stereocenters. The molecule has 0 bridgehead atoms. The van der Waals surface area contributed by atoms with Crippen molar-refractivity contribution in [1.29, 1.82) is 0 Å². The van der Waals surface area contributed by atoms with Crippen LogP contribution >= 0.6 is 0 Å². The number of benzene rings is 1. The van der Waals surface area contributed by atoms with Gasteiger partial charge in [-0.2, -0.15) is 5.10 Å². The molecule has 6 heteroatoms. The summed E-state index contributed by atoms with van der Waals surface area (Å²) in [6.07, 6.45) is 0.946. The fraction of sp³-hybridized carbons (Fsp3) is 0.444. The lowest BCUT2D eigenvalue weighted by Gasteiger charge is -2.16. The molecule has 24 heavy (non-hydrogen) atoms. The van der Waals surface area contributed by atoms with Crippen molar-refractivity contribution < 1.29 is 9.18 Å². The van der Waals surface area contributed by atoms with Crippen molar-refractivity contribution in [2.75, 3.05) is 25.0 Å². The first-order chi connectivity index (χ1) is 11.4. The number of aryl methyl sites for hydroxylation is 2. The van der Waals surface area contributed by atoms with E-state index in [1.165, 1.54) is 6.07 Å². The number of hydrogen-bond acceptors (Lipinski definition) is 3. The highest BCUT2D eigenvalue weighted by Gasteiger charge is 2.26. The van der Waals surface area contributed by atoms with Crippen molar-refractivity contribution in [1.82, 2.24) is 14.7 Å². The first-order valence-corrected chi connectivity index (χ1v) is 8.22. The molecule has 1 aromatic carbocycles. The number of hydrogen-bond donors (Lipinski definition) is 1. The van der Waals surface area contributed by atoms with Crippen molar-refractivity contribution in [2.24, 2.45) is 7.05 Å². The Labute approximate surface area is 141 Å². The van der Waals surface area contributed by atoms with Crippen LogP contribution < -0.4 is 5.32 Å². The largest absolute Gasteiger partial charge is 0.322 e. The van der Waals surface area contributed by atoms with Crippen LogP contribution in [0.25, 0.3) is 0 Å². The molecular formula is C18H23FN4O. The first-order valence-electron chi connectivity index (χ1n) is 8.22. The van der Waals surface area contributed by atoms with E-state index in [0.29, 0.717) is 6.54 Å². The zero-order chi connectivity index (χ0) is 17.3. The quantitative estimate of drug-likeness (QED) is 0.937. The van der Waals surface area contributed by atoms with Crippen LogP contribution in [0.3, 0.4) is 0 Å². The molecule has 1 aromatic heterocycles. The van der Waals surface area contributed by atoms with Gasteiger partial charge < -0.3 is 5.32 Å². The van der Waals surface area contributed by atoms with Crippen molar-refractivity contribution in [3.05, 3.63) is 47.0 Å². The third-order valence-corrected chi connectivity index (χ3v) is 4.73. The van der Waals surface area contributed by atoms with Gasteiger partial charge in [0.1, 0.15) is 5.82 Å². The molecule has 128 valence electrons. The number of halogens is 1. The zero-order valence-electron chi connectivity index (χ0n) is 14.3. The van der Waals surface area contributed by atoms with Crippen LogP contribution in [0, 0.1) is 19.7 Å². The highest BCUT2D eigenvalue weighted by molar-refractivity contribution is 5.93. The molecule has 1 amide bonds. The Morgan fingerprint density at radius 1 is 1.42 bits per heavy atom. The molecule has 1 saturated heterocycles. The van der Waals surface area contributed by atoms with Gasteiger partial charge in [-0.1, -0.05) is 12.1 Å². The number of aromatic nitrogens is 2. The second kappa shape index (κ2) is 6.73. The molecule has 1 unspecified atom stereocenters. The summed E-state index contributed by atoms with van der Waals surface area (Å²) >= 11 is 0. The second-order valence-electron chi connectivity index (χ2n) is 6.49. The molecule has 0 aliphatic carbocycles. The normalized spacial score (nSPS) is 18.1. The standard InChI is InChI=1S/C18H23FN4O/c1-12-18(13(2)22(3)21-12)20-17(24)11-23-8-7-15(10-23)14-5-4-6-16(19)9-14/h4-6,9,15H,7-8,10-11H2,1-3H3,(H,20,24). The number of nitrogens with zero attached hydrogens (tertiary/aromatic N) is 3. The summed E-state index contributed by atoms with van der Waals surface area (Å²) in [6, 6.07) is 6.76. The van der Waals surface area contributed by atoms with Crippen LogP contribution in [0.4, 0.5) is 10.1 Å². The lowest BCUT2D eigenvalue weighted by atomic mass is 9.98. The first kappa shape index (κ1) is 16.6. The topological polar surface area (TPSA) is 50.2 Å². The molecule has 1 fully saturated rings. The number of carbonyl (C=O) groups is 1. The summed E-state index contributed by atoms with van der Waals surface area (Å²) in [7, 11) is 1.86. The third-order valence-electron chi connectivity index (χ3n) is 4.73. The minimum atomic E-state index is -0.203. The van der Waals surface area contributed by atoms with Crippen LogP contribution in [0.5, 0.6) is 0 Å². The van der Waals surface area contributed by atoms with Gasteiger partial charge in [-0.25, -0.2) is 4.39 Å². The molecule has 2 heterocycles. The molecular weight excluding hydrogens is 307 g/mol. The zero-order valence-corrected chi connectivity index (χ0v) is 14.3. The average molecular weight is 330 g/mol. The summed E-state index contributed by atoms with van der Waals surface area (Å²) in [5.74, 6) is 0.0516. The lowest BCUT2D eigenvalue weighted by Crippen LogP contribution is -2.31. The van der Waals surface area contributed by atoms with Crippen LogP contribution in [0.15, 0.2) is 24.3 Å². The van der Waals surface area contributed by atoms with Gasteiger partial charge in [0.05, 0.1) is 23.6 Å². The monoisotopic (exact) mass is 330 g/mol. The Morgan fingerprint density at radius 2 is 2.21 bits per heavy atom. The summed E-state index contributed by atoms with van der Waals surface area (Å²) in [5, 5.41) is 7.27. The fourth-order valence-corrected chi connectivity index (χ4v) is 3.35. The molecule has 3 rings (SSSR count). The van der Waals surface area contributed by atoms with Crippen LogP contribution in [0.1, 0.15) is 29.3 Å². The van der Waals surface area contributed by atoms with E-state index in [0.717, 1.165) is 42.1 Å². The van der Waals surface area contributed by atoms with Crippen LogP contribution in [0.2, 0.25) is 0 Å². The second-order valence-corrected chi connectivity index (χ2v) is 6.49. The van der Waals surface area contributed by atoms with E-state index in [-0.39, 0.29) is 17.6 Å². The van der Waals surface area contributed by atoms with Crippen molar-refractivity contribution in [3.63, 3.8) is 0 Å². The van der Waals surface area contributed by atoms with E-state index < -0.39 is 0 Å². The molecule has 1 N–H and O–H groups in total. The van der Waals surface area contributed by atoms with E-state index in [9.17, 15) is 9.18 Å². The van der Waals surface area contributed by atoms with Crippen LogP contribution in [-0.4, -0.2) is 40.2 Å². The maximum absolute atomic E-state index is 13.4. The fourth-order valence-electron chi connectivity index (χ4n) is 3.35. The number of anilines is 1. The molecule has 0 radical (unpaired) electrons. The molecule has 0 spiro atoms. The Balaban J connectivity index is 1.58. The van der Waals surface area contributed by atoms with Gasteiger partial charge in [0.2, 0.25) is 5.91 Å². The summed E-state index contributed by atoms with van der Waals surface area (Å²) in [4.78, 5) is 14.4. The van der Waals surface area contributed by atoms with Crippen molar-refractivity contribution in [3.8, 4) is 0 Å². The number of likely N-dealkylation sites (tertiary alicyclic amines) is 1. The van der Waals surface area contributed by atoms with Gasteiger partial charge in [-0.3, -0.25) is 14.4 Å². The smallest absolute Gasteiger partial charge is 0.238 e. The highest BCUT2D eigenvalue weighted by atomic mass is 19.1. The predicted octanol–water partition coefficient (Wildman–Crippen LogP) is 2.60. The van der Waals surface area contributed by atoms with Crippen molar-refractivity contribution in [2.45, 2.75) is 26.2 Å². The average Bonchev–Trinajstić information content (AvgIpc) is 3.08. The van der Waals surface area contributed by atoms with E-state index in [2.05, 4.69) is 15.3 Å². The van der Waals surface area contributed by atoms with Gasteiger partial charge in [-0.15, -0.1) is 0 Å². The molecule has 1 aliphatic heterocycles. The Hall–Kier alpha value is -2.21. The molecule has 0 saturated carbocycles. The number of amides is 1. The number of rotatable bonds is 4. The van der Waals surface area contributed by atoms with E-state index in [4.69, 9.17) is 0 Å². The third kappa shape index (κ3) is 3.48. The van der Waals surface area contributed by atoms with E-state index in [1.807, 2.05) is 27.0 Å². The maximum Gasteiger partial charge on any atom is 0.238 e. The van der Waals surface area contributed by atoms with Gasteiger partial charge in [0, 0.05) is 13.6 Å². The Kier molecular flexibility index (Phi) is 4.66. The predicted molar refractivity (Wildman–Crippen MR) is 91.5 cm³/mol. The molecule has 5 nitrogen and oxygen atoms in total. The minimum Gasteiger partial charge on any atom is -0.322 e. The van der Waals surface area contributed by atoms with Gasteiger partial charge in [0.25, 0.3) is 0 Å². The SMILES string of the molecule is Cc1nn(C)c(C)c1NC(=O)CN1CCC(c2cccc(F)c2)C1. The van der Waals surface area contributed by atoms with Gasteiger partial charge >= 0.3 is 0 Å². The van der Waals surface area contributed by atoms with Gasteiger partial charge in [-0.05, 0) is 50.4 Å². The lowest BCUT2D eigenvalue weighted by molar-refractivity contribution is -0.117. The van der Waals surface area contributed by atoms with Crippen molar-refractivity contribution >= 4 is 11.6 Å². The Morgan fingerprint density at radius 3 is 2.88 bits per heavy atom. The van der Waals surface area contributed by atoms with Gasteiger partial charge in [0.15, 0.2) is 0 Å². The molecule has 1 aliphatic rings. The summed E-state index contributed by atoms with van der Waals surface area (Å²) < 4.78 is 15.1. The van der Waals surface area contributed by atoms with E-state index >= 15 is 0 Å². The maximum atomic E-state index is 13.4. The number of carbonyl (C=O) groups excluding carboxylic acids is 1.